The molecule has 0 saturated heterocycles. The van der Waals surface area contributed by atoms with Crippen molar-refractivity contribution >= 4 is 15.9 Å². The van der Waals surface area contributed by atoms with Crippen LogP contribution in [-0.2, 0) is 0 Å². The van der Waals surface area contributed by atoms with E-state index in [1.54, 1.807) is 0 Å². The van der Waals surface area contributed by atoms with E-state index in [4.69, 9.17) is 0 Å². The van der Waals surface area contributed by atoms with Gasteiger partial charge in [-0.25, -0.2) is 0 Å². The first-order chi connectivity index (χ1) is 10.8. The predicted octanol–water partition coefficient (Wildman–Crippen LogP) is 8.67. The number of hydrogen-bond acceptors (Lipinski definition) is 0. The van der Waals surface area contributed by atoms with Crippen LogP contribution < -0.4 is 0 Å². The van der Waals surface area contributed by atoms with Crippen molar-refractivity contribution in [3.63, 3.8) is 0 Å². The van der Waals surface area contributed by atoms with Crippen molar-refractivity contribution in [1.29, 1.82) is 0 Å². The van der Waals surface area contributed by atoms with Crippen molar-refractivity contribution in [2.45, 2.75) is 123 Å². The summed E-state index contributed by atoms with van der Waals surface area (Å²) in [5.74, 6) is 0.898. The highest BCUT2D eigenvalue weighted by Crippen LogP contribution is 2.15. The maximum Gasteiger partial charge on any atom is 0.00313 e. The molecule has 0 atom stereocenters. The van der Waals surface area contributed by atoms with Crippen molar-refractivity contribution in [3.05, 3.63) is 0 Å². The Bertz CT molecular complexity index is 188. The van der Waals surface area contributed by atoms with Gasteiger partial charge in [0.2, 0.25) is 0 Å². The van der Waals surface area contributed by atoms with E-state index in [0.717, 1.165) is 5.92 Å². The topological polar surface area (TPSA) is 0 Å². The van der Waals surface area contributed by atoms with Crippen LogP contribution in [0.1, 0.15) is 123 Å². The molecule has 0 N–H and O–H groups in total. The maximum atomic E-state index is 3.50. The third-order valence-electron chi connectivity index (χ3n) is 4.67. The molecule has 0 aliphatic carbocycles. The summed E-state index contributed by atoms with van der Waals surface area (Å²) in [6.45, 7) is 4.68. The van der Waals surface area contributed by atoms with Gasteiger partial charge >= 0.3 is 0 Å². The molecule has 0 radical (unpaired) electrons. The second kappa shape index (κ2) is 19.5. The van der Waals surface area contributed by atoms with Crippen LogP contribution in [0.5, 0.6) is 0 Å². The van der Waals surface area contributed by atoms with Crippen LogP contribution in [-0.4, -0.2) is 5.33 Å². The molecule has 0 fully saturated rings. The Morgan fingerprint density at radius 1 is 0.455 bits per heavy atom. The summed E-state index contributed by atoms with van der Waals surface area (Å²) in [4.78, 5) is 0. The van der Waals surface area contributed by atoms with E-state index < -0.39 is 0 Å². The Hall–Kier alpha value is 0.480. The first-order valence-electron chi connectivity index (χ1n) is 10.3. The van der Waals surface area contributed by atoms with E-state index in [1.807, 2.05) is 0 Å². The summed E-state index contributed by atoms with van der Waals surface area (Å²) < 4.78 is 0. The van der Waals surface area contributed by atoms with Gasteiger partial charge in [0.15, 0.2) is 0 Å². The lowest BCUT2D eigenvalue weighted by Crippen LogP contribution is -1.87. The molecule has 0 aromatic carbocycles. The summed E-state index contributed by atoms with van der Waals surface area (Å²) in [5, 5.41) is 1.19. The summed E-state index contributed by atoms with van der Waals surface area (Å²) in [6.07, 6.45) is 24.8. The second-order valence-corrected chi connectivity index (χ2v) is 8.32. The Labute approximate surface area is 150 Å². The zero-order valence-electron chi connectivity index (χ0n) is 15.7. The van der Waals surface area contributed by atoms with Crippen LogP contribution in [0.25, 0.3) is 0 Å². The third kappa shape index (κ3) is 20.5. The fraction of sp³-hybridized carbons (Fsp3) is 1.00. The first kappa shape index (κ1) is 22.5. The molecule has 0 aliphatic rings. The van der Waals surface area contributed by atoms with E-state index >= 15 is 0 Å². The average Bonchev–Trinajstić information content (AvgIpc) is 2.50. The van der Waals surface area contributed by atoms with E-state index in [2.05, 4.69) is 29.8 Å². The molecule has 0 nitrogen and oxygen atoms in total. The Balaban J connectivity index is 2.94. The highest BCUT2D eigenvalue weighted by atomic mass is 79.9. The van der Waals surface area contributed by atoms with Crippen LogP contribution >= 0.6 is 15.9 Å². The number of halogens is 1. The van der Waals surface area contributed by atoms with Crippen LogP contribution in [0, 0.1) is 5.92 Å². The van der Waals surface area contributed by atoms with Gasteiger partial charge in [-0.15, -0.1) is 0 Å². The Kier molecular flexibility index (Phi) is 20.0. The van der Waals surface area contributed by atoms with Crippen molar-refractivity contribution in [2.24, 2.45) is 5.92 Å². The second-order valence-electron chi connectivity index (χ2n) is 7.53. The molecule has 0 heterocycles. The molecule has 0 saturated carbocycles. The van der Waals surface area contributed by atoms with Crippen molar-refractivity contribution in [3.8, 4) is 0 Å². The Morgan fingerprint density at radius 3 is 1.00 bits per heavy atom. The van der Waals surface area contributed by atoms with Gasteiger partial charge in [0.05, 0.1) is 0 Å². The van der Waals surface area contributed by atoms with Gasteiger partial charge in [-0.3, -0.25) is 0 Å². The highest BCUT2D eigenvalue weighted by molar-refractivity contribution is 9.09. The lowest BCUT2D eigenvalue weighted by atomic mass is 10.0. The maximum absolute atomic E-state index is 3.50. The summed E-state index contributed by atoms with van der Waals surface area (Å²) in [7, 11) is 0. The minimum Gasteiger partial charge on any atom is -0.0928 e. The third-order valence-corrected chi connectivity index (χ3v) is 5.23. The molecule has 0 bridgehead atoms. The monoisotopic (exact) mass is 374 g/mol. The summed E-state index contributed by atoms with van der Waals surface area (Å²) in [5.41, 5.74) is 0. The zero-order chi connectivity index (χ0) is 16.3. The van der Waals surface area contributed by atoms with Crippen molar-refractivity contribution in [1.82, 2.24) is 0 Å². The zero-order valence-corrected chi connectivity index (χ0v) is 17.3. The predicted molar refractivity (Wildman–Crippen MR) is 107 cm³/mol. The van der Waals surface area contributed by atoms with Crippen molar-refractivity contribution in [2.75, 3.05) is 5.33 Å². The Morgan fingerprint density at radius 2 is 0.727 bits per heavy atom. The standard InChI is InChI=1S/C21H43Br/c1-21(2)19-17-15-13-11-9-7-5-3-4-6-8-10-12-14-16-18-20-22/h21H,3-20H2,1-2H3. The molecule has 0 rings (SSSR count). The normalized spacial score (nSPS) is 11.5. The van der Waals surface area contributed by atoms with Gasteiger partial charge < -0.3 is 0 Å². The lowest BCUT2D eigenvalue weighted by Gasteiger charge is -2.05. The van der Waals surface area contributed by atoms with Gasteiger partial charge in [-0.05, 0) is 12.3 Å². The quantitative estimate of drug-likeness (QED) is 0.166. The van der Waals surface area contributed by atoms with Gasteiger partial charge in [-0.2, -0.15) is 0 Å². The van der Waals surface area contributed by atoms with Gasteiger partial charge in [-0.1, -0.05) is 133 Å². The van der Waals surface area contributed by atoms with Gasteiger partial charge in [0.25, 0.3) is 0 Å². The van der Waals surface area contributed by atoms with Crippen LogP contribution in [0.3, 0.4) is 0 Å². The van der Waals surface area contributed by atoms with Crippen LogP contribution in [0.15, 0.2) is 0 Å². The molecule has 0 aromatic rings. The molecule has 134 valence electrons. The minimum atomic E-state index is 0.898. The van der Waals surface area contributed by atoms with E-state index in [1.165, 1.54) is 114 Å². The average molecular weight is 375 g/mol. The van der Waals surface area contributed by atoms with Gasteiger partial charge in [0.1, 0.15) is 0 Å². The fourth-order valence-electron chi connectivity index (χ4n) is 3.12. The molecule has 0 amide bonds. The minimum absolute atomic E-state index is 0.898. The fourth-order valence-corrected chi connectivity index (χ4v) is 3.52. The van der Waals surface area contributed by atoms with Crippen LogP contribution in [0.2, 0.25) is 0 Å². The lowest BCUT2D eigenvalue weighted by molar-refractivity contribution is 0.502. The number of unbranched alkanes of at least 4 members (excludes halogenated alkanes) is 15. The van der Waals surface area contributed by atoms with E-state index in [-0.39, 0.29) is 0 Å². The SMILES string of the molecule is CC(C)CCCCCCCCCCCCCCCCCCBr. The number of alkyl halides is 1. The van der Waals surface area contributed by atoms with Crippen LogP contribution in [0.4, 0.5) is 0 Å². The summed E-state index contributed by atoms with van der Waals surface area (Å²) >= 11 is 3.50. The molecule has 22 heavy (non-hydrogen) atoms. The molecular weight excluding hydrogens is 332 g/mol. The van der Waals surface area contributed by atoms with Gasteiger partial charge in [0, 0.05) is 5.33 Å². The molecule has 0 aromatic heterocycles. The largest absolute Gasteiger partial charge is 0.0928 e. The summed E-state index contributed by atoms with van der Waals surface area (Å²) in [6, 6.07) is 0. The first-order valence-corrected chi connectivity index (χ1v) is 11.5. The van der Waals surface area contributed by atoms with E-state index in [0.29, 0.717) is 0 Å². The highest BCUT2D eigenvalue weighted by Gasteiger charge is 1.96. The molecular formula is C21H43Br. The molecule has 0 spiro atoms. The number of hydrogen-bond donors (Lipinski definition) is 0. The smallest absolute Gasteiger partial charge is 0.00313 e. The van der Waals surface area contributed by atoms with E-state index in [9.17, 15) is 0 Å². The molecule has 1 heteroatoms. The molecule has 0 aliphatic heterocycles. The number of rotatable bonds is 18. The van der Waals surface area contributed by atoms with Crippen molar-refractivity contribution < 1.29 is 0 Å². The molecule has 0 unspecified atom stereocenters.